The Balaban J connectivity index is 1.55. The number of morpholine rings is 1. The Bertz CT molecular complexity index is 1190. The van der Waals surface area contributed by atoms with Crippen molar-refractivity contribution in [1.82, 2.24) is 9.62 Å². The van der Waals surface area contributed by atoms with E-state index < -0.39 is 15.4 Å². The van der Waals surface area contributed by atoms with Crippen LogP contribution in [-0.4, -0.2) is 57.4 Å². The minimum atomic E-state index is -3.70. The van der Waals surface area contributed by atoms with E-state index in [4.69, 9.17) is 16.3 Å². The van der Waals surface area contributed by atoms with E-state index in [-0.39, 0.29) is 29.8 Å². The molecule has 2 aromatic rings. The number of fused-ring (bicyclic) bond motifs is 1. The Hall–Kier alpha value is -2.46. The minimum Gasteiger partial charge on any atom is -0.379 e. The van der Waals surface area contributed by atoms with Crippen LogP contribution in [0, 0.1) is 0 Å². The molecule has 0 unspecified atom stereocenters. The summed E-state index contributed by atoms with van der Waals surface area (Å²) in [5.41, 5.74) is 0.938. The van der Waals surface area contributed by atoms with Crippen LogP contribution in [0.25, 0.3) is 0 Å². The molecule has 2 heterocycles. The number of halogens is 1. The highest BCUT2D eigenvalue weighted by Gasteiger charge is 2.45. The Kier molecular flexibility index (Phi) is 6.50. The largest absolute Gasteiger partial charge is 0.379 e. The van der Waals surface area contributed by atoms with E-state index >= 15 is 0 Å². The Morgan fingerprint density at radius 2 is 1.85 bits per heavy atom. The highest BCUT2D eigenvalue weighted by Crippen LogP contribution is 2.42. The molecule has 2 aromatic carbocycles. The number of nitrogens with zero attached hydrogens (tertiary/aromatic N) is 2. The van der Waals surface area contributed by atoms with Crippen LogP contribution < -0.4 is 10.2 Å². The summed E-state index contributed by atoms with van der Waals surface area (Å²) in [7, 11) is -3.70. The minimum absolute atomic E-state index is 0.133. The molecule has 8 nitrogen and oxygen atoms in total. The monoisotopic (exact) mass is 491 g/mol. The normalized spacial score (nSPS) is 18.3. The summed E-state index contributed by atoms with van der Waals surface area (Å²) < 4.78 is 32.8. The van der Waals surface area contributed by atoms with E-state index in [0.29, 0.717) is 42.6 Å². The molecule has 2 aliphatic heterocycles. The van der Waals surface area contributed by atoms with Gasteiger partial charge in [-0.05, 0) is 49.2 Å². The Labute approximate surface area is 198 Å². The molecule has 4 rings (SSSR count). The van der Waals surface area contributed by atoms with Gasteiger partial charge in [0.15, 0.2) is 0 Å². The summed E-state index contributed by atoms with van der Waals surface area (Å²) in [6.07, 6.45) is 0. The molecular weight excluding hydrogens is 466 g/mol. The van der Waals surface area contributed by atoms with Gasteiger partial charge in [0.1, 0.15) is 6.54 Å². The zero-order chi connectivity index (χ0) is 23.8. The molecule has 0 radical (unpaired) electrons. The first-order valence-corrected chi connectivity index (χ1v) is 12.5. The van der Waals surface area contributed by atoms with E-state index in [2.05, 4.69) is 5.32 Å². The average Bonchev–Trinajstić information content (AvgIpc) is 2.99. The van der Waals surface area contributed by atoms with Gasteiger partial charge < -0.3 is 15.0 Å². The molecule has 10 heteroatoms. The average molecular weight is 492 g/mol. The summed E-state index contributed by atoms with van der Waals surface area (Å²) in [4.78, 5) is 27.3. The first kappa shape index (κ1) is 23.7. The van der Waals surface area contributed by atoms with Crippen LogP contribution in [0.15, 0.2) is 47.4 Å². The van der Waals surface area contributed by atoms with Crippen molar-refractivity contribution in [2.45, 2.75) is 30.7 Å². The Morgan fingerprint density at radius 3 is 2.55 bits per heavy atom. The maximum absolute atomic E-state index is 13.2. The van der Waals surface area contributed by atoms with Crippen LogP contribution in [0.5, 0.6) is 0 Å². The SMILES string of the molecule is CC1(C)C(=O)N(CC(=O)NCc2ccccc2Cl)c2ccc(S(=O)(=O)N3CCOCC3)cc21. The molecule has 0 bridgehead atoms. The van der Waals surface area contributed by atoms with Gasteiger partial charge in [-0.25, -0.2) is 8.42 Å². The standard InChI is InChI=1S/C23H26ClN3O5S/c1-23(2)18-13-17(33(30,31)26-9-11-32-12-10-26)7-8-20(18)27(22(23)29)15-21(28)25-14-16-5-3-4-6-19(16)24/h3-8,13H,9-12,14-15H2,1-2H3,(H,25,28). The zero-order valence-corrected chi connectivity index (χ0v) is 20.1. The summed E-state index contributed by atoms with van der Waals surface area (Å²) in [6.45, 7) is 4.83. The van der Waals surface area contributed by atoms with Gasteiger partial charge in [0, 0.05) is 30.3 Å². The lowest BCUT2D eigenvalue weighted by atomic mass is 9.86. The van der Waals surface area contributed by atoms with Crippen molar-refractivity contribution in [2.75, 3.05) is 37.7 Å². The number of benzene rings is 2. The van der Waals surface area contributed by atoms with Crippen molar-refractivity contribution >= 4 is 39.1 Å². The zero-order valence-electron chi connectivity index (χ0n) is 18.5. The summed E-state index contributed by atoms with van der Waals surface area (Å²) in [5.74, 6) is -0.594. The summed E-state index contributed by atoms with van der Waals surface area (Å²) >= 11 is 6.14. The van der Waals surface area contributed by atoms with Gasteiger partial charge in [-0.3, -0.25) is 9.59 Å². The molecule has 0 aliphatic carbocycles. The fourth-order valence-electron chi connectivity index (χ4n) is 4.10. The van der Waals surface area contributed by atoms with Crippen LogP contribution in [-0.2, 0) is 36.3 Å². The second kappa shape index (κ2) is 9.06. The molecule has 1 fully saturated rings. The van der Waals surface area contributed by atoms with Crippen molar-refractivity contribution in [3.8, 4) is 0 Å². The predicted octanol–water partition coefficient (Wildman–Crippen LogP) is 2.30. The smallest absolute Gasteiger partial charge is 0.243 e. The molecule has 1 saturated heterocycles. The fourth-order valence-corrected chi connectivity index (χ4v) is 5.74. The lowest BCUT2D eigenvalue weighted by Gasteiger charge is -2.26. The fraction of sp³-hybridized carbons (Fsp3) is 0.391. The van der Waals surface area contributed by atoms with E-state index in [1.54, 1.807) is 32.0 Å². The molecule has 0 atom stereocenters. The molecule has 176 valence electrons. The second-order valence-electron chi connectivity index (χ2n) is 8.58. The van der Waals surface area contributed by atoms with Gasteiger partial charge in [-0.2, -0.15) is 4.31 Å². The van der Waals surface area contributed by atoms with Crippen LogP contribution in [0.1, 0.15) is 25.0 Å². The van der Waals surface area contributed by atoms with Gasteiger partial charge >= 0.3 is 0 Å². The first-order chi connectivity index (χ1) is 15.6. The third-order valence-electron chi connectivity index (χ3n) is 6.06. The van der Waals surface area contributed by atoms with Crippen molar-refractivity contribution < 1.29 is 22.7 Å². The number of anilines is 1. The van der Waals surface area contributed by atoms with E-state index in [1.165, 1.54) is 15.3 Å². The van der Waals surface area contributed by atoms with Gasteiger partial charge in [0.25, 0.3) is 0 Å². The molecule has 0 saturated carbocycles. The summed E-state index contributed by atoms with van der Waals surface area (Å²) in [5, 5.41) is 3.34. The molecule has 33 heavy (non-hydrogen) atoms. The van der Waals surface area contributed by atoms with Gasteiger partial charge in [-0.15, -0.1) is 0 Å². The van der Waals surface area contributed by atoms with E-state index in [9.17, 15) is 18.0 Å². The topological polar surface area (TPSA) is 96.0 Å². The van der Waals surface area contributed by atoms with Crippen molar-refractivity contribution in [3.63, 3.8) is 0 Å². The second-order valence-corrected chi connectivity index (χ2v) is 10.9. The highest BCUT2D eigenvalue weighted by atomic mass is 35.5. The third-order valence-corrected chi connectivity index (χ3v) is 8.32. The molecule has 1 N–H and O–H groups in total. The molecular formula is C23H26ClN3O5S. The number of sulfonamides is 1. The molecule has 2 aliphatic rings. The van der Waals surface area contributed by atoms with Crippen molar-refractivity contribution in [3.05, 3.63) is 58.6 Å². The Morgan fingerprint density at radius 1 is 1.15 bits per heavy atom. The third kappa shape index (κ3) is 4.50. The van der Waals surface area contributed by atoms with Gasteiger partial charge in [0.05, 0.1) is 23.5 Å². The lowest BCUT2D eigenvalue weighted by molar-refractivity contribution is -0.125. The quantitative estimate of drug-likeness (QED) is 0.669. The lowest BCUT2D eigenvalue weighted by Crippen LogP contribution is -2.42. The first-order valence-electron chi connectivity index (χ1n) is 10.7. The molecule has 0 aromatic heterocycles. The number of hydrogen-bond acceptors (Lipinski definition) is 5. The number of carbonyl (C=O) groups excluding carboxylic acids is 2. The van der Waals surface area contributed by atoms with E-state index in [1.807, 2.05) is 18.2 Å². The molecule has 0 spiro atoms. The number of rotatable bonds is 6. The van der Waals surface area contributed by atoms with Crippen LogP contribution in [0.2, 0.25) is 5.02 Å². The van der Waals surface area contributed by atoms with E-state index in [0.717, 1.165) is 5.56 Å². The van der Waals surface area contributed by atoms with Crippen molar-refractivity contribution in [1.29, 1.82) is 0 Å². The number of nitrogens with one attached hydrogen (secondary N) is 1. The van der Waals surface area contributed by atoms with Gasteiger partial charge in [0.2, 0.25) is 21.8 Å². The van der Waals surface area contributed by atoms with Gasteiger partial charge in [-0.1, -0.05) is 29.8 Å². The maximum atomic E-state index is 13.2. The number of amides is 2. The highest BCUT2D eigenvalue weighted by molar-refractivity contribution is 7.89. The van der Waals surface area contributed by atoms with Crippen LogP contribution in [0.4, 0.5) is 5.69 Å². The predicted molar refractivity (Wildman–Crippen MR) is 125 cm³/mol. The number of carbonyl (C=O) groups is 2. The maximum Gasteiger partial charge on any atom is 0.243 e. The van der Waals surface area contributed by atoms with Crippen molar-refractivity contribution in [2.24, 2.45) is 0 Å². The number of ether oxygens (including phenoxy) is 1. The van der Waals surface area contributed by atoms with Crippen LogP contribution >= 0.6 is 11.6 Å². The molecule has 2 amide bonds. The van der Waals surface area contributed by atoms with Crippen LogP contribution in [0.3, 0.4) is 0 Å². The summed E-state index contributed by atoms with van der Waals surface area (Å²) in [6, 6.07) is 11.9. The number of hydrogen-bond donors (Lipinski definition) is 1.